The molecule has 0 bridgehead atoms. The zero-order chi connectivity index (χ0) is 22.0. The van der Waals surface area contributed by atoms with Gasteiger partial charge in [0.1, 0.15) is 10.5 Å². The van der Waals surface area contributed by atoms with Crippen LogP contribution in [0.5, 0.6) is 0 Å². The van der Waals surface area contributed by atoms with E-state index in [1.165, 1.54) is 0 Å². The Morgan fingerprint density at radius 3 is 2.34 bits per heavy atom. The third-order valence-electron chi connectivity index (χ3n) is 6.56. The van der Waals surface area contributed by atoms with Crippen LogP contribution in [0.4, 0.5) is 4.79 Å². The molecule has 7 heteroatoms. The van der Waals surface area contributed by atoms with Crippen LogP contribution in [0.1, 0.15) is 23.4 Å². The monoisotopic (exact) mass is 446 g/mol. The van der Waals surface area contributed by atoms with Gasteiger partial charge in [0.05, 0.1) is 12.2 Å². The Morgan fingerprint density at radius 1 is 1.00 bits per heavy atom. The Kier molecular flexibility index (Phi) is 5.76. The summed E-state index contributed by atoms with van der Waals surface area (Å²) in [5.41, 5.74) is 2.35. The van der Waals surface area contributed by atoms with E-state index in [0.29, 0.717) is 6.42 Å². The number of carbonyl (C=O) groups is 2. The number of hydrogen-bond donors (Lipinski definition) is 2. The third kappa shape index (κ3) is 4.18. The maximum Gasteiger partial charge on any atom is 0.322 e. The highest BCUT2D eigenvalue weighted by Crippen LogP contribution is 2.34. The Hall–Kier alpha value is -3.03. The van der Waals surface area contributed by atoms with Crippen LogP contribution in [-0.4, -0.2) is 40.5 Å². The maximum absolute atomic E-state index is 12.9. The predicted molar refractivity (Wildman–Crippen MR) is 125 cm³/mol. The first-order valence-electron chi connectivity index (χ1n) is 11.0. The molecule has 1 atom stereocenters. The average molecular weight is 447 g/mol. The van der Waals surface area contributed by atoms with Crippen molar-refractivity contribution >= 4 is 23.3 Å². The SMILES string of the molecule is O=C1NC(=O)[C@](Cc2ccccc2)(C2CCN(Cc3nc(-c4ccccc4)cs3)CC2)N1. The highest BCUT2D eigenvalue weighted by atomic mass is 32.1. The zero-order valence-electron chi connectivity index (χ0n) is 17.8. The number of nitrogens with one attached hydrogen (secondary N) is 2. The molecule has 32 heavy (non-hydrogen) atoms. The van der Waals surface area contributed by atoms with Crippen LogP contribution < -0.4 is 10.6 Å². The number of piperidine rings is 1. The molecule has 6 nitrogen and oxygen atoms in total. The van der Waals surface area contributed by atoms with Gasteiger partial charge in [-0.2, -0.15) is 0 Å². The molecule has 0 spiro atoms. The number of nitrogens with zero attached hydrogens (tertiary/aromatic N) is 2. The first-order chi connectivity index (χ1) is 15.6. The van der Waals surface area contributed by atoms with E-state index in [1.807, 2.05) is 48.5 Å². The minimum atomic E-state index is -0.869. The van der Waals surface area contributed by atoms with E-state index in [0.717, 1.165) is 54.3 Å². The van der Waals surface area contributed by atoms with E-state index >= 15 is 0 Å². The van der Waals surface area contributed by atoms with Gasteiger partial charge in [0.25, 0.3) is 5.91 Å². The molecule has 1 aromatic heterocycles. The molecular weight excluding hydrogens is 420 g/mol. The maximum atomic E-state index is 12.9. The number of likely N-dealkylation sites (tertiary alicyclic amines) is 1. The molecule has 2 N–H and O–H groups in total. The van der Waals surface area contributed by atoms with Gasteiger partial charge in [-0.05, 0) is 37.4 Å². The van der Waals surface area contributed by atoms with Gasteiger partial charge in [-0.3, -0.25) is 15.0 Å². The van der Waals surface area contributed by atoms with Crippen molar-refractivity contribution in [3.8, 4) is 11.3 Å². The van der Waals surface area contributed by atoms with Gasteiger partial charge in [-0.25, -0.2) is 9.78 Å². The lowest BCUT2D eigenvalue weighted by Gasteiger charge is -2.40. The molecular formula is C25H26N4O2S. The Labute approximate surface area is 191 Å². The van der Waals surface area contributed by atoms with Crippen molar-refractivity contribution in [1.29, 1.82) is 0 Å². The van der Waals surface area contributed by atoms with Crippen LogP contribution in [0.3, 0.4) is 0 Å². The number of benzene rings is 2. The lowest BCUT2D eigenvalue weighted by Crippen LogP contribution is -2.57. The highest BCUT2D eigenvalue weighted by molar-refractivity contribution is 7.09. The Morgan fingerprint density at radius 2 is 1.69 bits per heavy atom. The molecule has 2 aromatic carbocycles. The summed E-state index contributed by atoms with van der Waals surface area (Å²) in [4.78, 5) is 32.2. The largest absolute Gasteiger partial charge is 0.323 e. The zero-order valence-corrected chi connectivity index (χ0v) is 18.6. The molecule has 3 heterocycles. The number of amides is 3. The van der Waals surface area contributed by atoms with Crippen molar-refractivity contribution in [3.63, 3.8) is 0 Å². The van der Waals surface area contributed by atoms with Crippen molar-refractivity contribution in [1.82, 2.24) is 20.5 Å². The number of rotatable bonds is 6. The molecule has 0 unspecified atom stereocenters. The number of carbonyl (C=O) groups excluding carboxylic acids is 2. The van der Waals surface area contributed by atoms with Gasteiger partial charge in [-0.15, -0.1) is 11.3 Å². The van der Waals surface area contributed by atoms with Crippen LogP contribution in [0, 0.1) is 5.92 Å². The molecule has 2 saturated heterocycles. The molecule has 5 rings (SSSR count). The lowest BCUT2D eigenvalue weighted by atomic mass is 9.74. The van der Waals surface area contributed by atoms with Gasteiger partial charge in [0.15, 0.2) is 0 Å². The quantitative estimate of drug-likeness (QED) is 0.564. The number of thiazole rings is 1. The number of aromatic nitrogens is 1. The Balaban J connectivity index is 1.25. The minimum Gasteiger partial charge on any atom is -0.323 e. The predicted octanol–water partition coefficient (Wildman–Crippen LogP) is 3.84. The van der Waals surface area contributed by atoms with Gasteiger partial charge in [0.2, 0.25) is 0 Å². The van der Waals surface area contributed by atoms with Crippen molar-refractivity contribution in [2.24, 2.45) is 5.92 Å². The van der Waals surface area contributed by atoms with Gasteiger partial charge < -0.3 is 5.32 Å². The highest BCUT2D eigenvalue weighted by Gasteiger charge is 2.52. The van der Waals surface area contributed by atoms with Gasteiger partial charge in [-0.1, -0.05) is 60.7 Å². The topological polar surface area (TPSA) is 74.3 Å². The normalized spacial score (nSPS) is 22.0. The fourth-order valence-corrected chi connectivity index (χ4v) is 5.72. The second kappa shape index (κ2) is 8.84. The summed E-state index contributed by atoms with van der Waals surface area (Å²) in [7, 11) is 0. The third-order valence-corrected chi connectivity index (χ3v) is 7.39. The fraction of sp³-hybridized carbons (Fsp3) is 0.320. The van der Waals surface area contributed by atoms with Crippen LogP contribution in [0.2, 0.25) is 0 Å². The van der Waals surface area contributed by atoms with Crippen molar-refractivity contribution in [2.45, 2.75) is 31.3 Å². The standard InChI is InChI=1S/C25H26N4O2S/c30-23-25(28-24(31)27-23,15-18-7-3-1-4-8-18)20-11-13-29(14-12-20)16-22-26-21(17-32-22)19-9-5-2-6-10-19/h1-10,17,20H,11-16H2,(H2,27,28,30,31)/t25-/m0/s1. The van der Waals surface area contributed by atoms with E-state index in [2.05, 4.69) is 33.0 Å². The molecule has 3 aromatic rings. The van der Waals surface area contributed by atoms with E-state index < -0.39 is 5.54 Å². The van der Waals surface area contributed by atoms with Crippen molar-refractivity contribution in [2.75, 3.05) is 13.1 Å². The van der Waals surface area contributed by atoms with Gasteiger partial charge >= 0.3 is 6.03 Å². The molecule has 0 radical (unpaired) electrons. The van der Waals surface area contributed by atoms with Crippen LogP contribution >= 0.6 is 11.3 Å². The summed E-state index contributed by atoms with van der Waals surface area (Å²) in [6.45, 7) is 2.57. The summed E-state index contributed by atoms with van der Waals surface area (Å²) in [5.74, 6) is -0.0983. The van der Waals surface area contributed by atoms with Crippen LogP contribution in [-0.2, 0) is 17.8 Å². The smallest absolute Gasteiger partial charge is 0.322 e. The molecule has 0 aliphatic carbocycles. The Bertz CT molecular complexity index is 1090. The fourth-order valence-electron chi connectivity index (χ4n) is 4.88. The van der Waals surface area contributed by atoms with Crippen LogP contribution in [0.25, 0.3) is 11.3 Å². The summed E-state index contributed by atoms with van der Waals surface area (Å²) in [5, 5.41) is 8.70. The molecule has 2 fully saturated rings. The lowest BCUT2D eigenvalue weighted by molar-refractivity contribution is -0.126. The van der Waals surface area contributed by atoms with E-state index in [4.69, 9.17) is 4.98 Å². The minimum absolute atomic E-state index is 0.0987. The van der Waals surface area contributed by atoms with E-state index in [9.17, 15) is 9.59 Å². The van der Waals surface area contributed by atoms with Crippen LogP contribution in [0.15, 0.2) is 66.0 Å². The summed E-state index contributed by atoms with van der Waals surface area (Å²) < 4.78 is 0. The number of imide groups is 1. The molecule has 2 aliphatic heterocycles. The average Bonchev–Trinajstić information content (AvgIpc) is 3.40. The second-order valence-electron chi connectivity index (χ2n) is 8.58. The molecule has 0 saturated carbocycles. The van der Waals surface area contributed by atoms with E-state index in [1.54, 1.807) is 11.3 Å². The summed E-state index contributed by atoms with van der Waals surface area (Å²) in [6, 6.07) is 19.8. The summed E-state index contributed by atoms with van der Waals surface area (Å²) in [6.07, 6.45) is 2.23. The molecule has 3 amide bonds. The first kappa shape index (κ1) is 20.8. The summed E-state index contributed by atoms with van der Waals surface area (Å²) >= 11 is 1.69. The number of urea groups is 1. The molecule has 2 aliphatic rings. The van der Waals surface area contributed by atoms with Crippen molar-refractivity contribution < 1.29 is 9.59 Å². The van der Waals surface area contributed by atoms with Gasteiger partial charge in [0, 0.05) is 17.4 Å². The van der Waals surface area contributed by atoms with Crippen molar-refractivity contribution in [3.05, 3.63) is 76.6 Å². The van der Waals surface area contributed by atoms with E-state index in [-0.39, 0.29) is 17.9 Å². The second-order valence-corrected chi connectivity index (χ2v) is 9.53. The molecule has 164 valence electrons. The first-order valence-corrected chi connectivity index (χ1v) is 11.9. The number of hydrogen-bond acceptors (Lipinski definition) is 5.